The Morgan fingerprint density at radius 1 is 1.36 bits per heavy atom. The van der Waals surface area contributed by atoms with Crippen LogP contribution in [0.15, 0.2) is 39.7 Å². The van der Waals surface area contributed by atoms with E-state index in [4.69, 9.17) is 4.74 Å². The highest BCUT2D eigenvalue weighted by atomic mass is 79.9. The molecule has 1 aromatic carbocycles. The van der Waals surface area contributed by atoms with Gasteiger partial charge in [0.1, 0.15) is 6.10 Å². The zero-order valence-corrected chi connectivity index (χ0v) is 14.9. The van der Waals surface area contributed by atoms with E-state index in [1.165, 1.54) is 6.07 Å². The number of rotatable bonds is 5. The first-order valence-corrected chi connectivity index (χ1v) is 9.83. The first kappa shape index (κ1) is 17.2. The van der Waals surface area contributed by atoms with Gasteiger partial charge in [0, 0.05) is 22.7 Å². The highest BCUT2D eigenvalue weighted by molar-refractivity contribution is 9.10. The molecule has 0 N–H and O–H groups in total. The lowest BCUT2D eigenvalue weighted by molar-refractivity contribution is -0.144. The van der Waals surface area contributed by atoms with Crippen LogP contribution in [0.25, 0.3) is 0 Å². The van der Waals surface area contributed by atoms with Crippen molar-refractivity contribution in [1.29, 1.82) is 0 Å². The molecule has 2 rings (SSSR count). The van der Waals surface area contributed by atoms with Gasteiger partial charge in [0.05, 0.1) is 4.90 Å². The van der Waals surface area contributed by atoms with E-state index in [2.05, 4.69) is 22.5 Å². The summed E-state index contributed by atoms with van der Waals surface area (Å²) < 4.78 is 29.0. The topological polar surface area (TPSA) is 60.4 Å². The molecular weight excluding hydrogens is 368 g/mol. The monoisotopic (exact) mass is 386 g/mol. The Hall–Kier alpha value is -1.14. The molecule has 120 valence electrons. The molecular formula is C16H19BrO4S. The van der Waals surface area contributed by atoms with Crippen LogP contribution in [0.3, 0.4) is 0 Å². The minimum atomic E-state index is -3.27. The third-order valence-electron chi connectivity index (χ3n) is 3.68. The Labute approximate surface area is 139 Å². The van der Waals surface area contributed by atoms with Crippen LogP contribution in [-0.2, 0) is 25.8 Å². The van der Waals surface area contributed by atoms with Gasteiger partial charge in [0.25, 0.3) is 0 Å². The van der Waals surface area contributed by atoms with Gasteiger partial charge in [-0.25, -0.2) is 13.2 Å². The first-order valence-electron chi connectivity index (χ1n) is 7.14. The largest absolute Gasteiger partial charge is 0.459 e. The predicted octanol–water partition coefficient (Wildman–Crippen LogP) is 3.44. The van der Waals surface area contributed by atoms with Crippen molar-refractivity contribution in [3.05, 3.63) is 40.4 Å². The SMILES string of the molecule is C=C(Cc1ccc(S(C)(=O)=O)c(Br)c1)C(=O)OC1CCCC1. The van der Waals surface area contributed by atoms with E-state index in [0.717, 1.165) is 37.5 Å². The maximum absolute atomic E-state index is 12.0. The third-order valence-corrected chi connectivity index (χ3v) is 5.75. The van der Waals surface area contributed by atoms with Gasteiger partial charge in [-0.3, -0.25) is 0 Å². The average molecular weight is 387 g/mol. The van der Waals surface area contributed by atoms with E-state index < -0.39 is 9.84 Å². The lowest BCUT2D eigenvalue weighted by Gasteiger charge is -2.13. The van der Waals surface area contributed by atoms with Gasteiger partial charge in [0.15, 0.2) is 9.84 Å². The lowest BCUT2D eigenvalue weighted by Crippen LogP contribution is -2.17. The van der Waals surface area contributed by atoms with E-state index >= 15 is 0 Å². The van der Waals surface area contributed by atoms with Crippen LogP contribution in [0.1, 0.15) is 31.2 Å². The molecule has 1 fully saturated rings. The van der Waals surface area contributed by atoms with Crippen molar-refractivity contribution in [2.45, 2.75) is 43.1 Å². The summed E-state index contributed by atoms with van der Waals surface area (Å²) in [6.45, 7) is 3.78. The summed E-state index contributed by atoms with van der Waals surface area (Å²) in [6.07, 6.45) is 5.57. The molecule has 0 unspecified atom stereocenters. The van der Waals surface area contributed by atoms with Crippen molar-refractivity contribution in [2.24, 2.45) is 0 Å². The summed E-state index contributed by atoms with van der Waals surface area (Å²) in [4.78, 5) is 12.2. The molecule has 1 aliphatic carbocycles. The third kappa shape index (κ3) is 4.43. The summed E-state index contributed by atoms with van der Waals surface area (Å²) in [5.74, 6) is -0.366. The summed E-state index contributed by atoms with van der Waals surface area (Å²) in [7, 11) is -3.27. The Bertz CT molecular complexity index is 688. The number of carbonyl (C=O) groups excluding carboxylic acids is 1. The molecule has 0 aliphatic heterocycles. The predicted molar refractivity (Wildman–Crippen MR) is 88.4 cm³/mol. The Morgan fingerprint density at radius 2 is 2.00 bits per heavy atom. The smallest absolute Gasteiger partial charge is 0.334 e. The van der Waals surface area contributed by atoms with Crippen molar-refractivity contribution in [1.82, 2.24) is 0 Å². The Morgan fingerprint density at radius 3 is 2.55 bits per heavy atom. The maximum Gasteiger partial charge on any atom is 0.334 e. The molecule has 0 aromatic heterocycles. The van der Waals surface area contributed by atoms with Crippen molar-refractivity contribution >= 4 is 31.7 Å². The van der Waals surface area contributed by atoms with Crippen LogP contribution >= 0.6 is 15.9 Å². The molecule has 0 amide bonds. The molecule has 1 aliphatic rings. The average Bonchev–Trinajstić information content (AvgIpc) is 2.90. The number of sulfone groups is 1. The van der Waals surface area contributed by atoms with Gasteiger partial charge >= 0.3 is 5.97 Å². The highest BCUT2D eigenvalue weighted by Gasteiger charge is 2.21. The van der Waals surface area contributed by atoms with E-state index in [1.54, 1.807) is 12.1 Å². The van der Waals surface area contributed by atoms with Gasteiger partial charge in [0.2, 0.25) is 0 Å². The second-order valence-electron chi connectivity index (χ2n) is 5.63. The van der Waals surface area contributed by atoms with Crippen molar-refractivity contribution in [2.75, 3.05) is 6.26 Å². The Kier molecular flexibility index (Phi) is 5.45. The number of hydrogen-bond acceptors (Lipinski definition) is 4. The minimum absolute atomic E-state index is 0.0172. The zero-order chi connectivity index (χ0) is 16.3. The molecule has 1 saturated carbocycles. The first-order chi connectivity index (χ1) is 10.3. The summed E-state index contributed by atoms with van der Waals surface area (Å²) >= 11 is 3.26. The molecule has 4 nitrogen and oxygen atoms in total. The van der Waals surface area contributed by atoms with Crippen LogP contribution in [0.2, 0.25) is 0 Å². The summed E-state index contributed by atoms with van der Waals surface area (Å²) in [6, 6.07) is 4.92. The van der Waals surface area contributed by atoms with Gasteiger partial charge in [-0.05, 0) is 59.3 Å². The molecule has 1 aromatic rings. The second-order valence-corrected chi connectivity index (χ2v) is 8.47. The van der Waals surface area contributed by atoms with E-state index in [9.17, 15) is 13.2 Å². The van der Waals surface area contributed by atoms with E-state index in [1.807, 2.05) is 0 Å². The molecule has 0 bridgehead atoms. The molecule has 0 spiro atoms. The fourth-order valence-electron chi connectivity index (χ4n) is 2.51. The molecule has 0 atom stereocenters. The van der Waals surface area contributed by atoms with Crippen LogP contribution in [0, 0.1) is 0 Å². The number of carbonyl (C=O) groups is 1. The van der Waals surface area contributed by atoms with Crippen LogP contribution in [-0.4, -0.2) is 26.7 Å². The Balaban J connectivity index is 2.02. The fraction of sp³-hybridized carbons (Fsp3) is 0.438. The van der Waals surface area contributed by atoms with E-state index in [-0.39, 0.29) is 17.0 Å². The number of esters is 1. The van der Waals surface area contributed by atoms with Gasteiger partial charge in [-0.15, -0.1) is 0 Å². The summed E-state index contributed by atoms with van der Waals surface area (Å²) in [5, 5.41) is 0. The van der Waals surface area contributed by atoms with Crippen molar-refractivity contribution in [3.63, 3.8) is 0 Å². The van der Waals surface area contributed by atoms with Crippen LogP contribution in [0.4, 0.5) is 0 Å². The molecule has 0 radical (unpaired) electrons. The van der Waals surface area contributed by atoms with E-state index in [0.29, 0.717) is 16.5 Å². The standard InChI is InChI=1S/C16H19BrO4S/c1-11(16(18)21-13-5-3-4-6-13)9-12-7-8-15(14(17)10-12)22(2,19)20/h7-8,10,13H,1,3-6,9H2,2H3. The fourth-order valence-corrected chi connectivity index (χ4v) is 4.55. The molecule has 0 heterocycles. The van der Waals surface area contributed by atoms with Crippen molar-refractivity contribution in [3.8, 4) is 0 Å². The lowest BCUT2D eigenvalue weighted by atomic mass is 10.1. The molecule has 22 heavy (non-hydrogen) atoms. The maximum atomic E-state index is 12.0. The minimum Gasteiger partial charge on any atom is -0.459 e. The number of ether oxygens (including phenoxy) is 1. The van der Waals surface area contributed by atoms with Crippen LogP contribution in [0.5, 0.6) is 0 Å². The molecule has 6 heteroatoms. The van der Waals surface area contributed by atoms with Crippen molar-refractivity contribution < 1.29 is 17.9 Å². The molecule has 0 saturated heterocycles. The summed E-state index contributed by atoms with van der Waals surface area (Å²) in [5.41, 5.74) is 1.19. The normalized spacial score (nSPS) is 15.7. The second kappa shape index (κ2) is 6.96. The quantitative estimate of drug-likeness (QED) is 0.574. The van der Waals surface area contributed by atoms with Gasteiger partial charge in [-0.1, -0.05) is 12.6 Å². The van der Waals surface area contributed by atoms with Gasteiger partial charge < -0.3 is 4.74 Å². The number of hydrogen-bond donors (Lipinski definition) is 0. The van der Waals surface area contributed by atoms with Gasteiger partial charge in [-0.2, -0.15) is 0 Å². The zero-order valence-electron chi connectivity index (χ0n) is 12.5. The number of benzene rings is 1. The highest BCUT2D eigenvalue weighted by Crippen LogP contribution is 2.25. The van der Waals surface area contributed by atoms with Crippen LogP contribution < -0.4 is 0 Å². The number of halogens is 1.